The van der Waals surface area contributed by atoms with Gasteiger partial charge in [-0.1, -0.05) is 29.9 Å². The molecule has 0 saturated carbocycles. The number of nitrogens with one attached hydrogen (secondary N) is 1. The van der Waals surface area contributed by atoms with E-state index in [1.165, 1.54) is 5.57 Å². The van der Waals surface area contributed by atoms with E-state index in [9.17, 15) is 10.1 Å². The van der Waals surface area contributed by atoms with Crippen LogP contribution in [-0.2, 0) is 16.0 Å². The molecule has 0 atom stereocenters. The molecule has 9 heteroatoms. The molecule has 5 rings (SSSR count). The second-order valence-corrected chi connectivity index (χ2v) is 9.84. The third kappa shape index (κ3) is 6.21. The van der Waals surface area contributed by atoms with Crippen molar-refractivity contribution in [1.29, 1.82) is 5.26 Å². The third-order valence-corrected chi connectivity index (χ3v) is 7.18. The van der Waals surface area contributed by atoms with Crippen LogP contribution >= 0.6 is 0 Å². The van der Waals surface area contributed by atoms with Crippen molar-refractivity contribution >= 4 is 22.8 Å². The van der Waals surface area contributed by atoms with Crippen LogP contribution in [0.25, 0.3) is 10.9 Å². The fraction of sp³-hybridized carbons (Fsp3) is 0.379. The number of hydrogen-bond acceptors (Lipinski definition) is 6. The number of allylic oxidation sites excluding steroid dienone is 4. The first kappa shape index (κ1) is 25.5. The Labute approximate surface area is 223 Å². The number of anilines is 1. The lowest BCUT2D eigenvalue weighted by atomic mass is 10.0. The Morgan fingerprint density at radius 1 is 1.11 bits per heavy atom. The van der Waals surface area contributed by atoms with Crippen molar-refractivity contribution in [3.63, 3.8) is 0 Å². The molecule has 1 aromatic heterocycles. The van der Waals surface area contributed by atoms with Crippen LogP contribution in [0.5, 0.6) is 0 Å². The molecule has 1 saturated heterocycles. The highest BCUT2D eigenvalue weighted by Gasteiger charge is 2.23. The number of ether oxygens (including phenoxy) is 2. The molecule has 0 unspecified atom stereocenters. The number of benzene rings is 1. The van der Waals surface area contributed by atoms with Gasteiger partial charge >= 0.3 is 6.03 Å². The standard InChI is InChI=1S/C29H34N6O3/c30-19-23-8-9-24-18-27(32-29(31)36)35(26(24)17-23)11-5-4-10-33-12-14-34(15-13-33)28-21-37-20-25(38-28)16-22-6-2-1-3-7-22/h1-2,6,8-9,17-18,20-21H,3-5,7,10-16H2,(H3,31,32,36). The van der Waals surface area contributed by atoms with Crippen molar-refractivity contribution in [3.8, 4) is 6.07 Å². The number of hydrogen-bond donors (Lipinski definition) is 2. The van der Waals surface area contributed by atoms with E-state index in [2.05, 4.69) is 39.4 Å². The maximum Gasteiger partial charge on any atom is 0.317 e. The quantitative estimate of drug-likeness (QED) is 0.467. The normalized spacial score (nSPS) is 17.7. The first-order chi connectivity index (χ1) is 18.6. The number of carbonyl (C=O) groups is 1. The number of amides is 2. The van der Waals surface area contributed by atoms with Crippen molar-refractivity contribution < 1.29 is 14.3 Å². The van der Waals surface area contributed by atoms with Crippen molar-refractivity contribution in [3.05, 3.63) is 77.8 Å². The number of aromatic nitrogens is 1. The highest BCUT2D eigenvalue weighted by atomic mass is 16.6. The van der Waals surface area contributed by atoms with Gasteiger partial charge in [-0.25, -0.2) is 4.79 Å². The van der Waals surface area contributed by atoms with Crippen molar-refractivity contribution in [2.75, 3.05) is 38.0 Å². The summed E-state index contributed by atoms with van der Waals surface area (Å²) in [5, 5.41) is 13.0. The number of urea groups is 1. The Morgan fingerprint density at radius 2 is 1.95 bits per heavy atom. The smallest absolute Gasteiger partial charge is 0.317 e. The molecule has 38 heavy (non-hydrogen) atoms. The van der Waals surface area contributed by atoms with Gasteiger partial charge < -0.3 is 24.7 Å². The van der Waals surface area contributed by atoms with Crippen LogP contribution in [0.2, 0.25) is 0 Å². The largest absolute Gasteiger partial charge is 0.464 e. The van der Waals surface area contributed by atoms with E-state index in [4.69, 9.17) is 15.2 Å². The lowest BCUT2D eigenvalue weighted by molar-refractivity contribution is 0.0746. The van der Waals surface area contributed by atoms with Gasteiger partial charge in [0.15, 0.2) is 6.26 Å². The minimum absolute atomic E-state index is 0.591. The highest BCUT2D eigenvalue weighted by molar-refractivity contribution is 5.93. The number of nitriles is 1. The first-order valence-corrected chi connectivity index (χ1v) is 13.2. The molecule has 2 aromatic rings. The van der Waals surface area contributed by atoms with Gasteiger partial charge in [-0.2, -0.15) is 5.26 Å². The van der Waals surface area contributed by atoms with E-state index in [-0.39, 0.29) is 0 Å². The molecule has 1 fully saturated rings. The zero-order valence-electron chi connectivity index (χ0n) is 21.6. The number of rotatable bonds is 9. The van der Waals surface area contributed by atoms with Crippen molar-refractivity contribution in [2.45, 2.75) is 38.6 Å². The number of aryl methyl sites for hydroxylation is 1. The summed E-state index contributed by atoms with van der Waals surface area (Å²) in [5.41, 5.74) is 8.26. The molecule has 1 aromatic carbocycles. The Hall–Kier alpha value is -4.16. The Kier molecular flexibility index (Phi) is 8.00. The average Bonchev–Trinajstić information content (AvgIpc) is 3.27. The Morgan fingerprint density at radius 3 is 2.71 bits per heavy atom. The van der Waals surface area contributed by atoms with E-state index in [0.29, 0.717) is 11.4 Å². The fourth-order valence-corrected chi connectivity index (χ4v) is 5.18. The first-order valence-electron chi connectivity index (χ1n) is 13.2. The van der Waals surface area contributed by atoms with E-state index >= 15 is 0 Å². The minimum Gasteiger partial charge on any atom is -0.464 e. The van der Waals surface area contributed by atoms with Gasteiger partial charge in [0.25, 0.3) is 0 Å². The van der Waals surface area contributed by atoms with Gasteiger partial charge in [-0.15, -0.1) is 0 Å². The fourth-order valence-electron chi connectivity index (χ4n) is 5.18. The van der Waals surface area contributed by atoms with Crippen LogP contribution in [0.4, 0.5) is 10.6 Å². The topological polar surface area (TPSA) is 109 Å². The van der Waals surface area contributed by atoms with E-state index in [1.807, 2.05) is 22.8 Å². The van der Waals surface area contributed by atoms with Crippen molar-refractivity contribution in [1.82, 2.24) is 14.4 Å². The summed E-state index contributed by atoms with van der Waals surface area (Å²) < 4.78 is 13.8. The second-order valence-electron chi connectivity index (χ2n) is 9.84. The van der Waals surface area contributed by atoms with E-state index in [1.54, 1.807) is 18.6 Å². The lowest BCUT2D eigenvalue weighted by Crippen LogP contribution is -2.46. The van der Waals surface area contributed by atoms with Gasteiger partial charge in [0.1, 0.15) is 17.8 Å². The van der Waals surface area contributed by atoms with Crippen LogP contribution < -0.4 is 11.1 Å². The molecular formula is C29H34N6O3. The van der Waals surface area contributed by atoms with Crippen LogP contribution in [-0.4, -0.2) is 53.1 Å². The number of primary amides is 1. The van der Waals surface area contributed by atoms with Crippen LogP contribution in [0.1, 0.15) is 37.7 Å². The monoisotopic (exact) mass is 514 g/mol. The molecule has 0 bridgehead atoms. The molecule has 2 aliphatic heterocycles. The third-order valence-electron chi connectivity index (χ3n) is 7.18. The molecule has 3 heterocycles. The molecule has 2 amide bonds. The zero-order valence-corrected chi connectivity index (χ0v) is 21.6. The molecule has 0 spiro atoms. The molecule has 0 radical (unpaired) electrons. The van der Waals surface area contributed by atoms with Gasteiger partial charge in [-0.05, 0) is 50.4 Å². The molecular weight excluding hydrogens is 480 g/mol. The van der Waals surface area contributed by atoms with Gasteiger partial charge in [-0.3, -0.25) is 10.2 Å². The summed E-state index contributed by atoms with van der Waals surface area (Å²) in [5.74, 6) is 2.31. The van der Waals surface area contributed by atoms with Crippen LogP contribution in [0.3, 0.4) is 0 Å². The summed E-state index contributed by atoms with van der Waals surface area (Å²) >= 11 is 0. The number of unbranched alkanes of at least 4 members (excludes halogenated alkanes) is 1. The zero-order chi connectivity index (χ0) is 26.3. The summed E-state index contributed by atoms with van der Waals surface area (Å²) in [6, 6.07) is 9.03. The maximum absolute atomic E-state index is 11.5. The molecule has 9 nitrogen and oxygen atoms in total. The number of nitrogens with two attached hydrogens (primary N) is 1. The van der Waals surface area contributed by atoms with Crippen LogP contribution in [0, 0.1) is 11.3 Å². The summed E-state index contributed by atoms with van der Waals surface area (Å²) in [7, 11) is 0. The predicted octanol–water partition coefficient (Wildman–Crippen LogP) is 4.75. The number of nitrogens with zero attached hydrogens (tertiary/aromatic N) is 4. The van der Waals surface area contributed by atoms with Gasteiger partial charge in [0, 0.05) is 44.5 Å². The molecule has 3 N–H and O–H groups in total. The molecule has 1 aliphatic carbocycles. The second kappa shape index (κ2) is 11.9. The summed E-state index contributed by atoms with van der Waals surface area (Å²) in [4.78, 5) is 16.2. The van der Waals surface area contributed by atoms with E-state index < -0.39 is 6.03 Å². The number of carbonyl (C=O) groups excluding carboxylic acids is 1. The number of fused-ring (bicyclic) bond motifs is 1. The Bertz CT molecular complexity index is 1340. The van der Waals surface area contributed by atoms with Crippen LogP contribution in [0.15, 0.2) is 72.2 Å². The number of piperazine rings is 1. The SMILES string of the molecule is N#Cc1ccc2cc(NC(N)=O)n(CCCCN3CCN(C4=COC=C(CC5=CC=CCC5)O4)CC3)c2c1. The highest BCUT2D eigenvalue weighted by Crippen LogP contribution is 2.27. The Balaban J connectivity index is 1.08. The summed E-state index contributed by atoms with van der Waals surface area (Å²) in [6.45, 7) is 5.43. The average molecular weight is 515 g/mol. The lowest BCUT2D eigenvalue weighted by Gasteiger charge is -2.37. The maximum atomic E-state index is 11.5. The molecule has 3 aliphatic rings. The van der Waals surface area contributed by atoms with E-state index in [0.717, 1.165) is 93.9 Å². The predicted molar refractivity (Wildman–Crippen MR) is 147 cm³/mol. The van der Waals surface area contributed by atoms with Gasteiger partial charge in [0.05, 0.1) is 17.1 Å². The molecule has 198 valence electrons. The minimum atomic E-state index is -0.597. The summed E-state index contributed by atoms with van der Waals surface area (Å²) in [6.07, 6.45) is 14.8. The van der Waals surface area contributed by atoms with Crippen molar-refractivity contribution in [2.24, 2.45) is 5.73 Å². The van der Waals surface area contributed by atoms with Gasteiger partial charge in [0.2, 0.25) is 5.88 Å².